The highest BCUT2D eigenvalue weighted by atomic mass is 32.2. The Morgan fingerprint density at radius 1 is 1.11 bits per heavy atom. The zero-order chi connectivity index (χ0) is 33.3. The van der Waals surface area contributed by atoms with Crippen LogP contribution in [0.3, 0.4) is 0 Å². The van der Waals surface area contributed by atoms with Crippen LogP contribution in [-0.2, 0) is 32.6 Å². The number of hydrogen-bond acceptors (Lipinski definition) is 10. The van der Waals surface area contributed by atoms with E-state index in [1.807, 2.05) is 18.2 Å². The van der Waals surface area contributed by atoms with Crippen LogP contribution in [0.5, 0.6) is 5.75 Å². The predicted molar refractivity (Wildman–Crippen MR) is 162 cm³/mol. The molecule has 4 atom stereocenters. The van der Waals surface area contributed by atoms with Gasteiger partial charge in [0.1, 0.15) is 28.7 Å². The van der Waals surface area contributed by atoms with Gasteiger partial charge in [-0.05, 0) is 62.2 Å². The number of aromatic hydroxyl groups is 1. The molecule has 1 aliphatic heterocycles. The van der Waals surface area contributed by atoms with Gasteiger partial charge in [0.2, 0.25) is 15.8 Å². The number of benzene rings is 2. The molecule has 0 saturated carbocycles. The van der Waals surface area contributed by atoms with Crippen molar-refractivity contribution in [1.82, 2.24) is 9.62 Å². The molecule has 12 nitrogen and oxygen atoms in total. The summed E-state index contributed by atoms with van der Waals surface area (Å²) in [7, 11) is -4.14. The predicted octanol–water partition coefficient (Wildman–Crippen LogP) is 1.63. The third kappa shape index (κ3) is 5.09. The number of phenols is 1. The number of Topliss-reactive ketones (excluding diaryl/α,β-unsaturated/α-hetero) is 2. The number of piperidine rings is 1. The minimum absolute atomic E-state index is 0.112. The van der Waals surface area contributed by atoms with Gasteiger partial charge in [-0.25, -0.2) is 17.5 Å². The molecular formula is C32H34FN3O9S. The number of allylic oxidation sites excluding steroid dienone is 1. The Kier molecular flexibility index (Phi) is 7.82. The van der Waals surface area contributed by atoms with Crippen molar-refractivity contribution in [2.45, 2.75) is 49.8 Å². The number of phenolic OH excluding ortho intramolecular Hbond substituents is 1. The Morgan fingerprint density at radius 3 is 2.37 bits per heavy atom. The second kappa shape index (κ2) is 11.3. The van der Waals surface area contributed by atoms with E-state index < -0.39 is 90.8 Å². The number of amides is 1. The maximum Gasteiger partial charge on any atom is 0.255 e. The van der Waals surface area contributed by atoms with E-state index in [9.17, 15) is 43.2 Å². The summed E-state index contributed by atoms with van der Waals surface area (Å²) in [5.74, 6) is -9.78. The second-order valence-corrected chi connectivity index (χ2v) is 14.4. The fourth-order valence-electron chi connectivity index (χ4n) is 7.65. The number of ketones is 2. The Hall–Kier alpha value is -4.11. The van der Waals surface area contributed by atoms with Crippen LogP contribution in [0.2, 0.25) is 0 Å². The van der Waals surface area contributed by atoms with Crippen LogP contribution in [0, 0.1) is 17.7 Å². The molecule has 3 aliphatic carbocycles. The first-order chi connectivity index (χ1) is 21.6. The van der Waals surface area contributed by atoms with E-state index >= 15 is 4.39 Å². The van der Waals surface area contributed by atoms with E-state index in [0.717, 1.165) is 25.2 Å². The molecule has 2 aromatic carbocycles. The number of hydrogen-bond donors (Lipinski definition) is 6. The van der Waals surface area contributed by atoms with Crippen molar-refractivity contribution >= 4 is 27.5 Å². The molecular weight excluding hydrogens is 621 g/mol. The van der Waals surface area contributed by atoms with Crippen LogP contribution in [-0.4, -0.2) is 82.2 Å². The molecule has 0 spiro atoms. The molecule has 0 bridgehead atoms. The molecule has 1 heterocycles. The van der Waals surface area contributed by atoms with Crippen molar-refractivity contribution in [3.8, 4) is 5.75 Å². The van der Waals surface area contributed by atoms with Gasteiger partial charge in [0.15, 0.2) is 11.4 Å². The number of nitrogens with one attached hydrogen (secondary N) is 1. The fraction of sp³-hybridized carbons (Fsp3) is 0.406. The number of aliphatic hydroxyl groups excluding tert-OH is 2. The molecule has 6 rings (SSSR count). The summed E-state index contributed by atoms with van der Waals surface area (Å²) in [6.07, 6.45) is 1.84. The number of likely N-dealkylation sites (tertiary alicyclic amines) is 1. The van der Waals surface area contributed by atoms with E-state index in [1.165, 1.54) is 5.56 Å². The number of aliphatic hydroxyl groups is 3. The van der Waals surface area contributed by atoms with Gasteiger partial charge < -0.3 is 26.2 Å². The number of primary amides is 1. The first-order valence-corrected chi connectivity index (χ1v) is 16.8. The molecule has 0 radical (unpaired) electrons. The smallest absolute Gasteiger partial charge is 0.255 e. The number of carbonyl (C=O) groups is 3. The van der Waals surface area contributed by atoms with E-state index in [1.54, 1.807) is 0 Å². The van der Waals surface area contributed by atoms with E-state index in [0.29, 0.717) is 19.0 Å². The standard InChI is InChI=1S/C32H34FN3O9S/c1-46(44,45)35-26-20-12-17-11-19-23(27(38)22(17)29(40)32(20,43)30(41)24(28(26)39)31(34)42)21(37)13-18(25(19)33)14-36-9-7-16(8-10-36)15-5-3-2-4-6-15/h2-6,13,16-17,20,26,35,37,39-40,43H,7-12,14H2,1H3,(H2,34,42)/t17-,20-,26-,32-/m0/s1. The Bertz CT molecular complexity index is 1830. The van der Waals surface area contributed by atoms with Gasteiger partial charge in [-0.2, -0.15) is 0 Å². The van der Waals surface area contributed by atoms with Gasteiger partial charge in [-0.15, -0.1) is 0 Å². The van der Waals surface area contributed by atoms with Gasteiger partial charge in [0, 0.05) is 29.2 Å². The molecule has 46 heavy (non-hydrogen) atoms. The van der Waals surface area contributed by atoms with Crippen molar-refractivity contribution in [3.05, 3.63) is 87.1 Å². The van der Waals surface area contributed by atoms with E-state index in [2.05, 4.69) is 21.8 Å². The Balaban J connectivity index is 1.34. The zero-order valence-corrected chi connectivity index (χ0v) is 25.7. The molecule has 0 aromatic heterocycles. The lowest BCUT2D eigenvalue weighted by Crippen LogP contribution is -2.64. The maximum atomic E-state index is 16.2. The van der Waals surface area contributed by atoms with Crippen molar-refractivity contribution in [2.24, 2.45) is 17.6 Å². The lowest BCUT2D eigenvalue weighted by molar-refractivity contribution is -0.145. The number of sulfonamides is 1. The summed E-state index contributed by atoms with van der Waals surface area (Å²) in [6.45, 7) is 1.55. The van der Waals surface area contributed by atoms with Crippen LogP contribution < -0.4 is 10.5 Å². The first-order valence-electron chi connectivity index (χ1n) is 14.9. The molecule has 1 amide bonds. The van der Waals surface area contributed by atoms with Crippen molar-refractivity contribution in [2.75, 3.05) is 19.3 Å². The van der Waals surface area contributed by atoms with Crippen molar-refractivity contribution in [1.29, 1.82) is 0 Å². The van der Waals surface area contributed by atoms with Crippen molar-refractivity contribution in [3.63, 3.8) is 0 Å². The number of nitrogens with two attached hydrogens (primary N) is 1. The Morgan fingerprint density at radius 2 is 1.76 bits per heavy atom. The number of carbonyl (C=O) groups excluding carboxylic acids is 3. The average molecular weight is 656 g/mol. The summed E-state index contributed by atoms with van der Waals surface area (Å²) in [4.78, 5) is 41.3. The monoisotopic (exact) mass is 655 g/mol. The first kappa shape index (κ1) is 31.9. The number of rotatable bonds is 6. The molecule has 4 aliphatic rings. The zero-order valence-electron chi connectivity index (χ0n) is 24.9. The van der Waals surface area contributed by atoms with E-state index in [-0.39, 0.29) is 30.5 Å². The third-order valence-corrected chi connectivity index (χ3v) is 10.5. The van der Waals surface area contributed by atoms with Gasteiger partial charge in [-0.1, -0.05) is 30.3 Å². The number of fused-ring (bicyclic) bond motifs is 3. The van der Waals surface area contributed by atoms with Crippen LogP contribution in [0.1, 0.15) is 52.2 Å². The molecule has 14 heteroatoms. The molecule has 7 N–H and O–H groups in total. The number of halogens is 1. The largest absolute Gasteiger partial charge is 0.510 e. The summed E-state index contributed by atoms with van der Waals surface area (Å²) in [5, 5.41) is 44.7. The molecule has 2 aromatic rings. The highest BCUT2D eigenvalue weighted by Gasteiger charge is 2.63. The lowest BCUT2D eigenvalue weighted by Gasteiger charge is -2.48. The van der Waals surface area contributed by atoms with Crippen LogP contribution in [0.25, 0.3) is 0 Å². The van der Waals surface area contributed by atoms with Crippen LogP contribution >= 0.6 is 0 Å². The average Bonchev–Trinajstić information content (AvgIpc) is 2.99. The van der Waals surface area contributed by atoms with Gasteiger partial charge in [-0.3, -0.25) is 19.3 Å². The molecule has 244 valence electrons. The Labute approximate surface area is 264 Å². The third-order valence-electron chi connectivity index (χ3n) is 9.80. The van der Waals surface area contributed by atoms with Crippen LogP contribution in [0.4, 0.5) is 4.39 Å². The van der Waals surface area contributed by atoms with Crippen molar-refractivity contribution < 1.29 is 47.6 Å². The van der Waals surface area contributed by atoms with Gasteiger partial charge in [0.25, 0.3) is 5.91 Å². The quantitative estimate of drug-likeness (QED) is 0.248. The normalized spacial score (nSPS) is 27.3. The fourth-order valence-corrected chi connectivity index (χ4v) is 8.39. The molecule has 0 unspecified atom stereocenters. The summed E-state index contributed by atoms with van der Waals surface area (Å²) < 4.78 is 42.6. The molecule has 1 saturated heterocycles. The van der Waals surface area contributed by atoms with Gasteiger partial charge >= 0.3 is 0 Å². The number of nitrogens with zero attached hydrogens (tertiary/aromatic N) is 1. The lowest BCUT2D eigenvalue weighted by atomic mass is 9.59. The topological polar surface area (TPSA) is 208 Å². The highest BCUT2D eigenvalue weighted by Crippen LogP contribution is 2.52. The summed E-state index contributed by atoms with van der Waals surface area (Å²) >= 11 is 0. The van der Waals surface area contributed by atoms with E-state index in [4.69, 9.17) is 5.73 Å². The SMILES string of the molecule is CS(=O)(=O)N[C@@H]1C(O)=C(C(N)=O)C(=O)[C@@]2(O)C(O)=C3C(=O)c4c(O)cc(CN5CCC(c6ccccc6)CC5)c(F)c4C[C@H]3C[C@@H]12. The summed E-state index contributed by atoms with van der Waals surface area (Å²) in [5.41, 5.74) is 1.49. The van der Waals surface area contributed by atoms with Crippen LogP contribution in [0.15, 0.2) is 59.1 Å². The maximum absolute atomic E-state index is 16.2. The summed E-state index contributed by atoms with van der Waals surface area (Å²) in [6, 6.07) is 9.50. The molecule has 1 fully saturated rings. The second-order valence-electron chi connectivity index (χ2n) is 12.6. The minimum atomic E-state index is -4.14. The minimum Gasteiger partial charge on any atom is -0.510 e. The van der Waals surface area contributed by atoms with Gasteiger partial charge in [0.05, 0.1) is 17.9 Å². The highest BCUT2D eigenvalue weighted by molar-refractivity contribution is 7.88.